The molecule has 146 valence electrons. The number of ether oxygens (including phenoxy) is 1. The zero-order valence-corrected chi connectivity index (χ0v) is 16.4. The lowest BCUT2D eigenvalue weighted by molar-refractivity contribution is 0.0683. The Hall–Kier alpha value is -2.82. The molecule has 1 saturated heterocycles. The number of aromatic nitrogens is 2. The Balaban J connectivity index is 1.29. The first-order chi connectivity index (χ1) is 13.7. The normalized spacial score (nSPS) is 15.1. The quantitative estimate of drug-likeness (QED) is 0.691. The number of benzene rings is 2. The highest BCUT2D eigenvalue weighted by Gasteiger charge is 2.26. The molecule has 0 aliphatic carbocycles. The highest BCUT2D eigenvalue weighted by atomic mass is 16.5. The summed E-state index contributed by atoms with van der Waals surface area (Å²) < 4.78 is 5.50. The Morgan fingerprint density at radius 1 is 1.14 bits per heavy atom. The summed E-state index contributed by atoms with van der Waals surface area (Å²) in [6.45, 7) is 4.33. The summed E-state index contributed by atoms with van der Waals surface area (Å²) in [7, 11) is 0. The van der Waals surface area contributed by atoms with Crippen molar-refractivity contribution in [3.8, 4) is 5.75 Å². The molecule has 2 heterocycles. The van der Waals surface area contributed by atoms with Crippen LogP contribution in [0.25, 0.3) is 10.9 Å². The van der Waals surface area contributed by atoms with Crippen LogP contribution in [0.2, 0.25) is 0 Å². The van der Waals surface area contributed by atoms with Gasteiger partial charge in [0.25, 0.3) is 5.91 Å². The smallest absolute Gasteiger partial charge is 0.274 e. The van der Waals surface area contributed by atoms with E-state index in [-0.39, 0.29) is 5.91 Å². The predicted molar refractivity (Wildman–Crippen MR) is 111 cm³/mol. The highest BCUT2D eigenvalue weighted by Crippen LogP contribution is 2.25. The van der Waals surface area contributed by atoms with Gasteiger partial charge in [-0.1, -0.05) is 30.3 Å². The summed E-state index contributed by atoms with van der Waals surface area (Å²) >= 11 is 0. The highest BCUT2D eigenvalue weighted by molar-refractivity contribution is 6.04. The predicted octanol–water partition coefficient (Wildman–Crippen LogP) is 4.45. The average Bonchev–Trinajstić information content (AvgIpc) is 3.17. The molecule has 1 N–H and O–H groups in total. The standard InChI is InChI=1S/C23H27N3O2/c1-2-28-19-11-9-17(10-12-19)7-8-18-13-15-26(16-14-18)23(27)22-20-5-3-4-6-21(20)24-25-22/h3-6,9-12,18H,2,7-8,13-16H2,1H3,(H,24,25). The molecule has 3 aromatic rings. The molecule has 1 aliphatic heterocycles. The van der Waals surface area contributed by atoms with Gasteiger partial charge in [-0.3, -0.25) is 9.89 Å². The summed E-state index contributed by atoms with van der Waals surface area (Å²) in [5.41, 5.74) is 2.81. The van der Waals surface area contributed by atoms with Crippen LogP contribution in [0.4, 0.5) is 0 Å². The van der Waals surface area contributed by atoms with Gasteiger partial charge in [0.15, 0.2) is 5.69 Å². The number of nitrogens with zero attached hydrogens (tertiary/aromatic N) is 2. The van der Waals surface area contributed by atoms with Crippen LogP contribution in [0.5, 0.6) is 5.75 Å². The van der Waals surface area contributed by atoms with E-state index >= 15 is 0 Å². The number of carbonyl (C=O) groups is 1. The van der Waals surface area contributed by atoms with Gasteiger partial charge in [0.1, 0.15) is 5.75 Å². The van der Waals surface area contributed by atoms with Gasteiger partial charge in [-0.25, -0.2) is 0 Å². The Morgan fingerprint density at radius 2 is 1.89 bits per heavy atom. The van der Waals surface area contributed by atoms with E-state index in [9.17, 15) is 4.79 Å². The van der Waals surface area contributed by atoms with Gasteiger partial charge < -0.3 is 9.64 Å². The molecule has 5 heteroatoms. The van der Waals surface area contributed by atoms with Crippen molar-refractivity contribution in [1.29, 1.82) is 0 Å². The number of likely N-dealkylation sites (tertiary alicyclic amines) is 1. The molecule has 2 aromatic carbocycles. The average molecular weight is 377 g/mol. The topological polar surface area (TPSA) is 58.2 Å². The monoisotopic (exact) mass is 377 g/mol. The molecule has 0 bridgehead atoms. The molecule has 0 atom stereocenters. The van der Waals surface area contributed by atoms with E-state index in [1.54, 1.807) is 0 Å². The molecular formula is C23H27N3O2. The van der Waals surface area contributed by atoms with Crippen molar-refractivity contribution in [2.45, 2.75) is 32.6 Å². The van der Waals surface area contributed by atoms with Gasteiger partial charge in [0.2, 0.25) is 0 Å². The summed E-state index contributed by atoms with van der Waals surface area (Å²) in [5, 5.41) is 8.13. The van der Waals surface area contributed by atoms with Crippen LogP contribution in [-0.4, -0.2) is 40.7 Å². The fourth-order valence-corrected chi connectivity index (χ4v) is 3.99. The Kier molecular flexibility index (Phi) is 5.60. The number of H-pyrrole nitrogens is 1. The Labute approximate surface area is 165 Å². The third-order valence-electron chi connectivity index (χ3n) is 5.65. The van der Waals surface area contributed by atoms with E-state index in [2.05, 4.69) is 22.3 Å². The number of hydrogen-bond acceptors (Lipinski definition) is 3. The third kappa shape index (κ3) is 4.03. The fraction of sp³-hybridized carbons (Fsp3) is 0.391. The van der Waals surface area contributed by atoms with Crippen LogP contribution in [0.15, 0.2) is 48.5 Å². The molecule has 0 radical (unpaired) electrons. The van der Waals surface area contributed by atoms with E-state index in [1.807, 2.05) is 48.2 Å². The van der Waals surface area contributed by atoms with Crippen molar-refractivity contribution in [2.75, 3.05) is 19.7 Å². The van der Waals surface area contributed by atoms with Crippen LogP contribution in [0, 0.1) is 5.92 Å². The number of piperidine rings is 1. The number of amides is 1. The van der Waals surface area contributed by atoms with Crippen LogP contribution in [0.3, 0.4) is 0 Å². The van der Waals surface area contributed by atoms with E-state index in [1.165, 1.54) is 12.0 Å². The molecule has 1 aromatic heterocycles. The number of aryl methyl sites for hydroxylation is 1. The molecule has 28 heavy (non-hydrogen) atoms. The van der Waals surface area contributed by atoms with Gasteiger partial charge >= 0.3 is 0 Å². The molecule has 0 unspecified atom stereocenters. The van der Waals surface area contributed by atoms with Crippen LogP contribution in [0.1, 0.15) is 42.2 Å². The Morgan fingerprint density at radius 3 is 2.64 bits per heavy atom. The summed E-state index contributed by atoms with van der Waals surface area (Å²) in [6.07, 6.45) is 4.37. The van der Waals surface area contributed by atoms with E-state index in [4.69, 9.17) is 4.74 Å². The molecule has 0 saturated carbocycles. The lowest BCUT2D eigenvalue weighted by Crippen LogP contribution is -2.38. The zero-order valence-electron chi connectivity index (χ0n) is 16.4. The number of carbonyl (C=O) groups excluding carboxylic acids is 1. The second kappa shape index (κ2) is 8.46. The van der Waals surface area contributed by atoms with Crippen molar-refractivity contribution >= 4 is 16.8 Å². The Bertz CT molecular complexity index is 924. The van der Waals surface area contributed by atoms with Crippen molar-refractivity contribution < 1.29 is 9.53 Å². The van der Waals surface area contributed by atoms with Gasteiger partial charge in [0.05, 0.1) is 12.1 Å². The van der Waals surface area contributed by atoms with Crippen LogP contribution >= 0.6 is 0 Å². The summed E-state index contributed by atoms with van der Waals surface area (Å²) in [5.74, 6) is 1.65. The second-order valence-corrected chi connectivity index (χ2v) is 7.47. The number of rotatable bonds is 6. The van der Waals surface area contributed by atoms with Crippen LogP contribution < -0.4 is 4.74 Å². The number of para-hydroxylation sites is 1. The van der Waals surface area contributed by atoms with E-state index < -0.39 is 0 Å². The maximum atomic E-state index is 12.9. The first-order valence-corrected chi connectivity index (χ1v) is 10.2. The fourth-order valence-electron chi connectivity index (χ4n) is 3.99. The largest absolute Gasteiger partial charge is 0.494 e. The number of nitrogens with one attached hydrogen (secondary N) is 1. The zero-order chi connectivity index (χ0) is 19.3. The molecular weight excluding hydrogens is 350 g/mol. The van der Waals surface area contributed by atoms with Crippen molar-refractivity contribution in [2.24, 2.45) is 5.92 Å². The van der Waals surface area contributed by atoms with Gasteiger partial charge in [-0.05, 0) is 62.3 Å². The van der Waals surface area contributed by atoms with Crippen LogP contribution in [-0.2, 0) is 6.42 Å². The van der Waals surface area contributed by atoms with Crippen molar-refractivity contribution in [3.63, 3.8) is 0 Å². The third-order valence-corrected chi connectivity index (χ3v) is 5.65. The van der Waals surface area contributed by atoms with Gasteiger partial charge in [0, 0.05) is 18.5 Å². The number of aromatic amines is 1. The first-order valence-electron chi connectivity index (χ1n) is 10.2. The summed E-state index contributed by atoms with van der Waals surface area (Å²) in [4.78, 5) is 14.8. The maximum absolute atomic E-state index is 12.9. The minimum absolute atomic E-state index is 0.0439. The lowest BCUT2D eigenvalue weighted by Gasteiger charge is -2.31. The van der Waals surface area contributed by atoms with Gasteiger partial charge in [-0.15, -0.1) is 0 Å². The molecule has 5 nitrogen and oxygen atoms in total. The first kappa shape index (κ1) is 18.5. The number of hydrogen-bond donors (Lipinski definition) is 1. The van der Waals surface area contributed by atoms with E-state index in [0.717, 1.165) is 49.0 Å². The molecule has 1 aliphatic rings. The maximum Gasteiger partial charge on any atom is 0.274 e. The van der Waals surface area contributed by atoms with Gasteiger partial charge in [-0.2, -0.15) is 5.10 Å². The molecule has 4 rings (SSSR count). The number of fused-ring (bicyclic) bond motifs is 1. The molecule has 1 fully saturated rings. The lowest BCUT2D eigenvalue weighted by atomic mass is 9.90. The SMILES string of the molecule is CCOc1ccc(CCC2CCN(C(=O)c3n[nH]c4ccccc34)CC2)cc1. The summed E-state index contributed by atoms with van der Waals surface area (Å²) in [6, 6.07) is 16.2. The minimum Gasteiger partial charge on any atom is -0.494 e. The minimum atomic E-state index is 0.0439. The van der Waals surface area contributed by atoms with Crippen molar-refractivity contribution in [3.05, 3.63) is 59.8 Å². The molecule has 1 amide bonds. The second-order valence-electron chi connectivity index (χ2n) is 7.47. The van der Waals surface area contributed by atoms with Crippen molar-refractivity contribution in [1.82, 2.24) is 15.1 Å². The molecule has 0 spiro atoms. The van der Waals surface area contributed by atoms with E-state index in [0.29, 0.717) is 18.2 Å².